The number of cyclic esters (lactones) is 1. The number of Topliss-reactive ketones (excluding diaryl/α,β-unsaturated/α-hetero) is 1. The highest BCUT2D eigenvalue weighted by Gasteiger charge is 2.70. The molecule has 2 N–H and O–H groups in total. The molecule has 0 spiro atoms. The summed E-state index contributed by atoms with van der Waals surface area (Å²) in [5.74, 6) is 0.272. The molecule has 1 aliphatic heterocycles. The van der Waals surface area contributed by atoms with E-state index in [-0.39, 0.29) is 35.2 Å². The van der Waals surface area contributed by atoms with Crippen LogP contribution in [0, 0.1) is 34.5 Å². The minimum absolute atomic E-state index is 0.0149. The zero-order chi connectivity index (χ0) is 19.9. The minimum Gasteiger partial charge on any atom is -0.458 e. The van der Waals surface area contributed by atoms with Gasteiger partial charge < -0.3 is 14.9 Å². The van der Waals surface area contributed by atoms with Gasteiger partial charge >= 0.3 is 5.97 Å². The van der Waals surface area contributed by atoms with Gasteiger partial charge in [-0.25, -0.2) is 4.79 Å². The zero-order valence-electron chi connectivity index (χ0n) is 16.9. The molecule has 5 heteroatoms. The van der Waals surface area contributed by atoms with Crippen molar-refractivity contribution in [2.75, 3.05) is 6.61 Å². The van der Waals surface area contributed by atoms with Crippen molar-refractivity contribution in [2.24, 2.45) is 34.5 Å². The highest BCUT2D eigenvalue weighted by atomic mass is 16.5. The number of esters is 1. The summed E-state index contributed by atoms with van der Waals surface area (Å²) in [5.41, 5.74) is -0.551. The normalized spacial score (nSPS) is 53.1. The molecular formula is C23H32O5. The number of ether oxygens (including phenoxy) is 1. The molecule has 5 nitrogen and oxygen atoms in total. The van der Waals surface area contributed by atoms with Crippen molar-refractivity contribution in [2.45, 2.75) is 76.9 Å². The Balaban J connectivity index is 1.52. The first kappa shape index (κ1) is 18.8. The molecule has 0 unspecified atom stereocenters. The summed E-state index contributed by atoms with van der Waals surface area (Å²) >= 11 is 0. The number of hydrogen-bond donors (Lipinski definition) is 2. The van der Waals surface area contributed by atoms with E-state index in [4.69, 9.17) is 4.74 Å². The summed E-state index contributed by atoms with van der Waals surface area (Å²) in [5, 5.41) is 22.2. The standard InChI is InChI=1S/C23H32O5/c1-21-7-5-15(24)10-14(21)3-4-17-20(21)18(25)11-22(2)16(6-8-23(17,22)27)13-9-19(26)28-12-13/h9,14-17,20,24,27H,3-8,10-12H2,1-2H3/t14-,15+,16-,17-,20-,21+,22-,23-/m1/s1. The van der Waals surface area contributed by atoms with Crippen LogP contribution in [0.25, 0.3) is 0 Å². The lowest BCUT2D eigenvalue weighted by atomic mass is 9.43. The second-order valence-corrected chi connectivity index (χ2v) is 10.7. The van der Waals surface area contributed by atoms with E-state index < -0.39 is 11.0 Å². The molecule has 4 aliphatic carbocycles. The fourth-order valence-corrected chi connectivity index (χ4v) is 8.18. The second-order valence-electron chi connectivity index (χ2n) is 10.7. The highest BCUT2D eigenvalue weighted by molar-refractivity contribution is 5.86. The number of carbonyl (C=O) groups excluding carboxylic acids is 2. The summed E-state index contributed by atoms with van der Waals surface area (Å²) < 4.78 is 5.14. The molecule has 0 amide bonds. The molecule has 8 atom stereocenters. The molecule has 0 saturated heterocycles. The molecule has 28 heavy (non-hydrogen) atoms. The van der Waals surface area contributed by atoms with Gasteiger partial charge in [-0.05, 0) is 73.7 Å². The molecule has 1 heterocycles. The van der Waals surface area contributed by atoms with Crippen LogP contribution in [0.4, 0.5) is 0 Å². The molecule has 154 valence electrons. The van der Waals surface area contributed by atoms with E-state index in [0.717, 1.165) is 44.1 Å². The lowest BCUT2D eigenvalue weighted by Crippen LogP contribution is -2.65. The third-order valence-corrected chi connectivity index (χ3v) is 9.65. The van der Waals surface area contributed by atoms with Gasteiger partial charge in [0.15, 0.2) is 0 Å². The Morgan fingerprint density at radius 2 is 1.89 bits per heavy atom. The van der Waals surface area contributed by atoms with Gasteiger partial charge in [-0.1, -0.05) is 13.8 Å². The molecule has 5 rings (SSSR count). The van der Waals surface area contributed by atoms with Crippen molar-refractivity contribution in [3.8, 4) is 0 Å². The van der Waals surface area contributed by atoms with E-state index in [1.54, 1.807) is 6.08 Å². The maximum Gasteiger partial charge on any atom is 0.331 e. The maximum atomic E-state index is 13.6. The summed E-state index contributed by atoms with van der Waals surface area (Å²) in [6, 6.07) is 0. The smallest absolute Gasteiger partial charge is 0.331 e. The Morgan fingerprint density at radius 1 is 1.11 bits per heavy atom. The van der Waals surface area contributed by atoms with Crippen molar-refractivity contribution in [3.63, 3.8) is 0 Å². The van der Waals surface area contributed by atoms with E-state index in [0.29, 0.717) is 31.1 Å². The van der Waals surface area contributed by atoms with Crippen molar-refractivity contribution < 1.29 is 24.5 Å². The fourth-order valence-electron chi connectivity index (χ4n) is 8.18. The number of aliphatic hydroxyl groups excluding tert-OH is 1. The van der Waals surface area contributed by atoms with Crippen LogP contribution in [0.1, 0.15) is 65.2 Å². The first-order chi connectivity index (χ1) is 13.2. The van der Waals surface area contributed by atoms with Gasteiger partial charge in [-0.3, -0.25) is 4.79 Å². The van der Waals surface area contributed by atoms with Gasteiger partial charge in [0, 0.05) is 23.8 Å². The molecule has 0 bridgehead atoms. The first-order valence-corrected chi connectivity index (χ1v) is 11.0. The average molecular weight is 389 g/mol. The van der Waals surface area contributed by atoms with Crippen LogP contribution >= 0.6 is 0 Å². The topological polar surface area (TPSA) is 83.8 Å². The highest BCUT2D eigenvalue weighted by Crippen LogP contribution is 2.68. The number of ketones is 1. The monoisotopic (exact) mass is 388 g/mol. The Hall–Kier alpha value is -1.20. The zero-order valence-corrected chi connectivity index (χ0v) is 16.9. The van der Waals surface area contributed by atoms with Crippen LogP contribution in [-0.4, -0.2) is 40.3 Å². The molecule has 0 aromatic heterocycles. The summed E-state index contributed by atoms with van der Waals surface area (Å²) in [4.78, 5) is 25.2. The third kappa shape index (κ3) is 2.26. The molecule has 4 fully saturated rings. The fraction of sp³-hybridized carbons (Fsp3) is 0.826. The van der Waals surface area contributed by atoms with E-state index in [2.05, 4.69) is 13.8 Å². The van der Waals surface area contributed by atoms with Gasteiger partial charge in [0.05, 0.1) is 11.7 Å². The quantitative estimate of drug-likeness (QED) is 0.675. The van der Waals surface area contributed by atoms with Gasteiger partial charge in [0.25, 0.3) is 0 Å². The molecule has 0 aromatic carbocycles. The number of carbonyl (C=O) groups is 2. The predicted octanol–water partition coefficient (Wildman–Crippen LogP) is 2.78. The Kier molecular flexibility index (Phi) is 3.97. The summed E-state index contributed by atoms with van der Waals surface area (Å²) in [7, 11) is 0. The number of aliphatic hydroxyl groups is 2. The maximum absolute atomic E-state index is 13.6. The van der Waals surface area contributed by atoms with Gasteiger partial charge in [-0.2, -0.15) is 0 Å². The summed E-state index contributed by atoms with van der Waals surface area (Å²) in [6.07, 6.45) is 7.48. The Morgan fingerprint density at radius 3 is 2.61 bits per heavy atom. The number of fused-ring (bicyclic) bond motifs is 5. The van der Waals surface area contributed by atoms with E-state index in [9.17, 15) is 19.8 Å². The lowest BCUT2D eigenvalue weighted by molar-refractivity contribution is -0.206. The van der Waals surface area contributed by atoms with Crippen molar-refractivity contribution in [1.29, 1.82) is 0 Å². The summed E-state index contributed by atoms with van der Waals surface area (Å²) in [6.45, 7) is 4.61. The number of rotatable bonds is 1. The van der Waals surface area contributed by atoms with E-state index >= 15 is 0 Å². The van der Waals surface area contributed by atoms with Crippen molar-refractivity contribution in [3.05, 3.63) is 11.6 Å². The Bertz CT molecular complexity index is 758. The van der Waals surface area contributed by atoms with Crippen LogP contribution in [0.5, 0.6) is 0 Å². The SMILES string of the molecule is C[C@]12CC[C@H](O)C[C@H]1CC[C@@H]1[C@@H]2C(=O)C[C@]2(C)[C@@H](C3=CC(=O)OC3)CC[C@@]12O. The molecule has 4 saturated carbocycles. The third-order valence-electron chi connectivity index (χ3n) is 9.65. The van der Waals surface area contributed by atoms with Crippen LogP contribution in [0.2, 0.25) is 0 Å². The van der Waals surface area contributed by atoms with Crippen molar-refractivity contribution in [1.82, 2.24) is 0 Å². The lowest BCUT2D eigenvalue weighted by Gasteiger charge is -2.62. The van der Waals surface area contributed by atoms with Crippen LogP contribution in [-0.2, 0) is 14.3 Å². The predicted molar refractivity (Wildman–Crippen MR) is 102 cm³/mol. The Labute approximate surface area is 166 Å². The van der Waals surface area contributed by atoms with Crippen LogP contribution in [0.15, 0.2) is 11.6 Å². The molecule has 0 radical (unpaired) electrons. The van der Waals surface area contributed by atoms with Gasteiger partial charge in [-0.15, -0.1) is 0 Å². The van der Waals surface area contributed by atoms with Crippen LogP contribution < -0.4 is 0 Å². The average Bonchev–Trinajstić information content (AvgIpc) is 3.16. The second kappa shape index (κ2) is 5.91. The minimum atomic E-state index is -0.868. The van der Waals surface area contributed by atoms with Crippen molar-refractivity contribution >= 4 is 11.8 Å². The van der Waals surface area contributed by atoms with E-state index in [1.165, 1.54) is 0 Å². The van der Waals surface area contributed by atoms with Gasteiger partial charge in [0.2, 0.25) is 0 Å². The molecule has 5 aliphatic rings. The van der Waals surface area contributed by atoms with Gasteiger partial charge in [0.1, 0.15) is 12.4 Å². The molecule has 0 aromatic rings. The number of hydrogen-bond acceptors (Lipinski definition) is 5. The van der Waals surface area contributed by atoms with Crippen LogP contribution in [0.3, 0.4) is 0 Å². The first-order valence-electron chi connectivity index (χ1n) is 11.0. The molecular weight excluding hydrogens is 356 g/mol. The largest absolute Gasteiger partial charge is 0.458 e. The van der Waals surface area contributed by atoms with E-state index in [1.807, 2.05) is 0 Å².